The lowest BCUT2D eigenvalue weighted by Crippen LogP contribution is -2.38. The monoisotopic (exact) mass is 275 g/mol. The van der Waals surface area contributed by atoms with Gasteiger partial charge in [0, 0.05) is 6.54 Å². The van der Waals surface area contributed by atoms with Gasteiger partial charge in [0.1, 0.15) is 5.75 Å². The van der Waals surface area contributed by atoms with E-state index < -0.39 is 0 Å². The van der Waals surface area contributed by atoms with Crippen LogP contribution in [0.2, 0.25) is 0 Å². The molecule has 0 saturated carbocycles. The highest BCUT2D eigenvalue weighted by atomic mass is 16.5. The molecule has 0 aliphatic carbocycles. The van der Waals surface area contributed by atoms with Crippen molar-refractivity contribution in [2.24, 2.45) is 11.3 Å². The zero-order valence-corrected chi connectivity index (χ0v) is 13.3. The van der Waals surface area contributed by atoms with E-state index in [9.17, 15) is 0 Å². The van der Waals surface area contributed by atoms with Crippen molar-refractivity contribution < 1.29 is 4.74 Å². The summed E-state index contributed by atoms with van der Waals surface area (Å²) in [5.74, 6) is 1.87. The Morgan fingerprint density at radius 1 is 1.10 bits per heavy atom. The molecular formula is C18H29NO. The number of hydrogen-bond donors (Lipinski definition) is 0. The molecule has 2 rings (SSSR count). The van der Waals surface area contributed by atoms with Gasteiger partial charge in [0.25, 0.3) is 0 Å². The molecule has 0 bridgehead atoms. The van der Waals surface area contributed by atoms with E-state index in [-0.39, 0.29) is 0 Å². The molecule has 1 heterocycles. The largest absolute Gasteiger partial charge is 0.494 e. The first-order valence-electron chi connectivity index (χ1n) is 7.96. The van der Waals surface area contributed by atoms with Crippen molar-refractivity contribution in [2.45, 2.75) is 40.0 Å². The fourth-order valence-electron chi connectivity index (χ4n) is 3.02. The van der Waals surface area contributed by atoms with Crippen LogP contribution in [0.15, 0.2) is 30.3 Å². The van der Waals surface area contributed by atoms with Gasteiger partial charge in [0.15, 0.2) is 0 Å². The fourth-order valence-corrected chi connectivity index (χ4v) is 3.02. The second-order valence-electron chi connectivity index (χ2n) is 7.00. The van der Waals surface area contributed by atoms with Crippen LogP contribution < -0.4 is 4.74 Å². The maximum absolute atomic E-state index is 5.75. The predicted molar refractivity (Wildman–Crippen MR) is 85.2 cm³/mol. The highest BCUT2D eigenvalue weighted by Gasteiger charge is 2.28. The minimum atomic E-state index is 0.475. The van der Waals surface area contributed by atoms with Crippen LogP contribution in [-0.2, 0) is 0 Å². The quantitative estimate of drug-likeness (QED) is 0.746. The molecule has 0 amide bonds. The number of para-hydroxylation sites is 1. The number of piperidine rings is 1. The van der Waals surface area contributed by atoms with Crippen molar-refractivity contribution in [3.05, 3.63) is 30.3 Å². The molecule has 20 heavy (non-hydrogen) atoms. The summed E-state index contributed by atoms with van der Waals surface area (Å²) in [5, 5.41) is 0. The lowest BCUT2D eigenvalue weighted by molar-refractivity contribution is 0.108. The molecule has 0 aromatic heterocycles. The molecule has 1 fully saturated rings. The first-order chi connectivity index (χ1) is 9.55. The van der Waals surface area contributed by atoms with Crippen molar-refractivity contribution in [1.29, 1.82) is 0 Å². The number of hydrogen-bond acceptors (Lipinski definition) is 2. The molecule has 0 N–H and O–H groups in total. The maximum atomic E-state index is 5.75. The summed E-state index contributed by atoms with van der Waals surface area (Å²) >= 11 is 0. The van der Waals surface area contributed by atoms with E-state index in [4.69, 9.17) is 4.74 Å². The molecule has 1 aromatic carbocycles. The minimum absolute atomic E-state index is 0.475. The Bertz CT molecular complexity index is 374. The third kappa shape index (κ3) is 4.82. The molecule has 1 aromatic rings. The van der Waals surface area contributed by atoms with Gasteiger partial charge in [0.05, 0.1) is 6.61 Å². The lowest BCUT2D eigenvalue weighted by Gasteiger charge is -2.38. The van der Waals surface area contributed by atoms with E-state index in [2.05, 4.69) is 25.7 Å². The summed E-state index contributed by atoms with van der Waals surface area (Å²) in [6.07, 6.45) is 3.82. The standard InChI is InChI=1S/C18H29NO/c1-18(2,3)16-10-13-19(14-11-16)12-7-15-20-17-8-5-4-6-9-17/h4-6,8-9,16H,7,10-15H2,1-3H3. The van der Waals surface area contributed by atoms with Crippen LogP contribution in [0.5, 0.6) is 5.75 Å². The van der Waals surface area contributed by atoms with Gasteiger partial charge in [-0.2, -0.15) is 0 Å². The Balaban J connectivity index is 1.60. The summed E-state index contributed by atoms with van der Waals surface area (Å²) < 4.78 is 5.75. The van der Waals surface area contributed by atoms with Crippen molar-refractivity contribution in [1.82, 2.24) is 4.90 Å². The van der Waals surface area contributed by atoms with Gasteiger partial charge in [0.2, 0.25) is 0 Å². The van der Waals surface area contributed by atoms with Crippen molar-refractivity contribution >= 4 is 0 Å². The van der Waals surface area contributed by atoms with Crippen molar-refractivity contribution in [3.63, 3.8) is 0 Å². The molecule has 1 aliphatic heterocycles. The Morgan fingerprint density at radius 2 is 1.75 bits per heavy atom. The Labute approximate surface area is 124 Å². The number of rotatable bonds is 5. The zero-order chi connectivity index (χ0) is 14.4. The van der Waals surface area contributed by atoms with E-state index in [1.165, 1.54) is 32.5 Å². The second-order valence-corrected chi connectivity index (χ2v) is 7.00. The molecular weight excluding hydrogens is 246 g/mol. The van der Waals surface area contributed by atoms with E-state index in [0.29, 0.717) is 5.41 Å². The Morgan fingerprint density at radius 3 is 2.35 bits per heavy atom. The van der Waals surface area contributed by atoms with Gasteiger partial charge in [-0.3, -0.25) is 0 Å². The van der Waals surface area contributed by atoms with Crippen LogP contribution in [0.25, 0.3) is 0 Å². The molecule has 2 heteroatoms. The Hall–Kier alpha value is -1.02. The molecule has 112 valence electrons. The van der Waals surface area contributed by atoms with E-state index in [0.717, 1.165) is 24.7 Å². The minimum Gasteiger partial charge on any atom is -0.494 e. The van der Waals surface area contributed by atoms with Gasteiger partial charge in [-0.15, -0.1) is 0 Å². The zero-order valence-electron chi connectivity index (χ0n) is 13.3. The molecule has 1 saturated heterocycles. The number of likely N-dealkylation sites (tertiary alicyclic amines) is 1. The molecule has 0 spiro atoms. The smallest absolute Gasteiger partial charge is 0.119 e. The van der Waals surface area contributed by atoms with Crippen LogP contribution >= 0.6 is 0 Å². The number of ether oxygens (including phenoxy) is 1. The third-order valence-corrected chi connectivity index (χ3v) is 4.44. The highest BCUT2D eigenvalue weighted by Crippen LogP contribution is 2.34. The average molecular weight is 275 g/mol. The molecule has 2 nitrogen and oxygen atoms in total. The highest BCUT2D eigenvalue weighted by molar-refractivity contribution is 5.20. The molecule has 0 atom stereocenters. The van der Waals surface area contributed by atoms with Gasteiger partial charge >= 0.3 is 0 Å². The maximum Gasteiger partial charge on any atom is 0.119 e. The van der Waals surface area contributed by atoms with Crippen LogP contribution in [0, 0.1) is 11.3 Å². The third-order valence-electron chi connectivity index (χ3n) is 4.44. The van der Waals surface area contributed by atoms with Crippen LogP contribution in [-0.4, -0.2) is 31.1 Å². The number of benzene rings is 1. The fraction of sp³-hybridized carbons (Fsp3) is 0.667. The lowest BCUT2D eigenvalue weighted by atomic mass is 9.75. The van der Waals surface area contributed by atoms with Crippen LogP contribution in [0.1, 0.15) is 40.0 Å². The summed E-state index contributed by atoms with van der Waals surface area (Å²) in [6.45, 7) is 11.6. The van der Waals surface area contributed by atoms with Crippen LogP contribution in [0.3, 0.4) is 0 Å². The number of nitrogens with zero attached hydrogens (tertiary/aromatic N) is 1. The van der Waals surface area contributed by atoms with Gasteiger partial charge in [-0.05, 0) is 55.8 Å². The van der Waals surface area contributed by atoms with Gasteiger partial charge in [-0.1, -0.05) is 39.0 Å². The van der Waals surface area contributed by atoms with E-state index in [1.54, 1.807) is 0 Å². The van der Waals surface area contributed by atoms with Crippen molar-refractivity contribution in [3.8, 4) is 5.75 Å². The Kier molecular flexibility index (Phi) is 5.47. The van der Waals surface area contributed by atoms with E-state index in [1.807, 2.05) is 30.3 Å². The van der Waals surface area contributed by atoms with Crippen LogP contribution in [0.4, 0.5) is 0 Å². The topological polar surface area (TPSA) is 12.5 Å². The van der Waals surface area contributed by atoms with Gasteiger partial charge in [-0.25, -0.2) is 0 Å². The average Bonchev–Trinajstić information content (AvgIpc) is 2.44. The SMILES string of the molecule is CC(C)(C)C1CCN(CCCOc2ccccc2)CC1. The summed E-state index contributed by atoms with van der Waals surface area (Å²) in [4.78, 5) is 2.59. The first kappa shape index (κ1) is 15.4. The first-order valence-corrected chi connectivity index (χ1v) is 7.96. The predicted octanol–water partition coefficient (Wildman–Crippen LogP) is 4.21. The molecule has 1 aliphatic rings. The van der Waals surface area contributed by atoms with Gasteiger partial charge < -0.3 is 9.64 Å². The molecule has 0 unspecified atom stereocenters. The summed E-state index contributed by atoms with van der Waals surface area (Å²) in [6, 6.07) is 10.1. The van der Waals surface area contributed by atoms with Crippen molar-refractivity contribution in [2.75, 3.05) is 26.2 Å². The summed E-state index contributed by atoms with van der Waals surface area (Å²) in [5.41, 5.74) is 0.475. The molecule has 0 radical (unpaired) electrons. The normalized spacial score (nSPS) is 18.1. The van der Waals surface area contributed by atoms with E-state index >= 15 is 0 Å². The second kappa shape index (κ2) is 7.12. The summed E-state index contributed by atoms with van der Waals surface area (Å²) in [7, 11) is 0.